The van der Waals surface area contributed by atoms with Crippen LogP contribution in [-0.4, -0.2) is 9.55 Å². The average Bonchev–Trinajstić information content (AvgIpc) is 2.39. The number of imidazole rings is 1. The van der Waals surface area contributed by atoms with Gasteiger partial charge in [0.1, 0.15) is 0 Å². The molecule has 1 heterocycles. The minimum absolute atomic E-state index is 0.590. The highest BCUT2D eigenvalue weighted by Gasteiger charge is 1.89. The van der Waals surface area contributed by atoms with E-state index >= 15 is 0 Å². The standard InChI is InChI=1S/C5H9N3.C2H6/c1-2-8-4-3-7-5(8)6;1-2/h3-4H,2H2,1H3,(H2,6,7);1-2H3. The van der Waals surface area contributed by atoms with E-state index in [0.29, 0.717) is 5.95 Å². The molecule has 1 aromatic heterocycles. The number of hydrogen-bond donors (Lipinski definition) is 1. The van der Waals surface area contributed by atoms with E-state index in [2.05, 4.69) is 4.98 Å². The minimum Gasteiger partial charge on any atom is -0.369 e. The van der Waals surface area contributed by atoms with Gasteiger partial charge in [-0.25, -0.2) is 4.98 Å². The van der Waals surface area contributed by atoms with Crippen LogP contribution >= 0.6 is 0 Å². The molecule has 0 amide bonds. The van der Waals surface area contributed by atoms with Gasteiger partial charge < -0.3 is 10.3 Å². The minimum atomic E-state index is 0.590. The Labute approximate surface area is 61.9 Å². The van der Waals surface area contributed by atoms with Crippen molar-refractivity contribution in [1.29, 1.82) is 0 Å². The molecule has 2 N–H and O–H groups in total. The molecular formula is C7H15N3. The molecule has 0 aliphatic carbocycles. The third-order valence-corrected chi connectivity index (χ3v) is 1.09. The Morgan fingerprint density at radius 1 is 1.60 bits per heavy atom. The largest absolute Gasteiger partial charge is 0.369 e. The van der Waals surface area contributed by atoms with Gasteiger partial charge in [-0.3, -0.25) is 0 Å². The molecule has 0 aliphatic heterocycles. The zero-order valence-corrected chi connectivity index (χ0v) is 6.83. The molecule has 0 bridgehead atoms. The molecule has 1 rings (SSSR count). The van der Waals surface area contributed by atoms with Crippen LogP contribution < -0.4 is 5.73 Å². The van der Waals surface area contributed by atoms with Gasteiger partial charge in [0, 0.05) is 18.9 Å². The van der Waals surface area contributed by atoms with Crippen LogP contribution in [0.2, 0.25) is 0 Å². The molecule has 0 aliphatic rings. The number of rotatable bonds is 1. The second-order valence-electron chi connectivity index (χ2n) is 1.57. The number of aryl methyl sites for hydroxylation is 1. The van der Waals surface area contributed by atoms with Crippen molar-refractivity contribution in [2.45, 2.75) is 27.3 Å². The highest BCUT2D eigenvalue weighted by Crippen LogP contribution is 1.95. The van der Waals surface area contributed by atoms with Crippen molar-refractivity contribution in [2.75, 3.05) is 5.73 Å². The Balaban J connectivity index is 0.000000371. The van der Waals surface area contributed by atoms with Crippen molar-refractivity contribution in [3.05, 3.63) is 12.4 Å². The summed E-state index contributed by atoms with van der Waals surface area (Å²) in [5, 5.41) is 0. The van der Waals surface area contributed by atoms with Gasteiger partial charge in [-0.05, 0) is 6.92 Å². The van der Waals surface area contributed by atoms with Gasteiger partial charge in [0.25, 0.3) is 0 Å². The number of aromatic nitrogens is 2. The van der Waals surface area contributed by atoms with Crippen LogP contribution in [0.15, 0.2) is 12.4 Å². The Hall–Kier alpha value is -0.990. The second kappa shape index (κ2) is 4.85. The summed E-state index contributed by atoms with van der Waals surface area (Å²) in [4.78, 5) is 3.83. The summed E-state index contributed by atoms with van der Waals surface area (Å²) < 4.78 is 1.88. The van der Waals surface area contributed by atoms with Gasteiger partial charge in [-0.2, -0.15) is 0 Å². The quantitative estimate of drug-likeness (QED) is 0.644. The third-order valence-electron chi connectivity index (χ3n) is 1.09. The SMILES string of the molecule is CC.CCn1ccnc1N. The van der Waals surface area contributed by atoms with Crippen molar-refractivity contribution < 1.29 is 0 Å². The topological polar surface area (TPSA) is 43.8 Å². The van der Waals surface area contributed by atoms with E-state index in [9.17, 15) is 0 Å². The molecule has 3 nitrogen and oxygen atoms in total. The molecule has 0 fully saturated rings. The van der Waals surface area contributed by atoms with E-state index in [0.717, 1.165) is 6.54 Å². The summed E-state index contributed by atoms with van der Waals surface area (Å²) in [6.45, 7) is 6.92. The fourth-order valence-electron chi connectivity index (χ4n) is 0.608. The Morgan fingerprint density at radius 3 is 2.40 bits per heavy atom. The molecule has 1 aromatic rings. The highest BCUT2D eigenvalue weighted by atomic mass is 15.1. The van der Waals surface area contributed by atoms with Crippen molar-refractivity contribution in [3.8, 4) is 0 Å². The summed E-state index contributed by atoms with van der Waals surface area (Å²) in [6, 6.07) is 0. The first kappa shape index (κ1) is 9.01. The summed E-state index contributed by atoms with van der Waals surface area (Å²) in [5.41, 5.74) is 5.40. The number of nitrogens with two attached hydrogens (primary N) is 1. The van der Waals surface area contributed by atoms with Gasteiger partial charge in [-0.1, -0.05) is 13.8 Å². The van der Waals surface area contributed by atoms with Crippen LogP contribution in [0.1, 0.15) is 20.8 Å². The second-order valence-corrected chi connectivity index (χ2v) is 1.57. The first-order valence-corrected chi connectivity index (χ1v) is 3.61. The predicted octanol–water partition coefficient (Wildman–Crippen LogP) is 1.51. The molecule has 0 aromatic carbocycles. The lowest BCUT2D eigenvalue weighted by Crippen LogP contribution is -1.98. The van der Waals surface area contributed by atoms with Crippen LogP contribution in [0.25, 0.3) is 0 Å². The van der Waals surface area contributed by atoms with E-state index in [1.807, 2.05) is 31.5 Å². The number of nitrogens with zero attached hydrogens (tertiary/aromatic N) is 2. The Bertz CT molecular complexity index is 169. The molecule has 10 heavy (non-hydrogen) atoms. The number of hydrogen-bond acceptors (Lipinski definition) is 2. The fraction of sp³-hybridized carbons (Fsp3) is 0.571. The molecular weight excluding hydrogens is 126 g/mol. The zero-order chi connectivity index (χ0) is 7.98. The van der Waals surface area contributed by atoms with E-state index in [1.54, 1.807) is 6.20 Å². The van der Waals surface area contributed by atoms with Gasteiger partial charge in [0.2, 0.25) is 0 Å². The highest BCUT2D eigenvalue weighted by molar-refractivity contribution is 5.15. The van der Waals surface area contributed by atoms with E-state index in [-0.39, 0.29) is 0 Å². The predicted molar refractivity (Wildman–Crippen MR) is 43.7 cm³/mol. The van der Waals surface area contributed by atoms with E-state index in [1.165, 1.54) is 0 Å². The van der Waals surface area contributed by atoms with Gasteiger partial charge in [0.15, 0.2) is 5.95 Å². The van der Waals surface area contributed by atoms with Gasteiger partial charge in [-0.15, -0.1) is 0 Å². The maximum absolute atomic E-state index is 5.40. The molecule has 0 saturated carbocycles. The van der Waals surface area contributed by atoms with Crippen molar-refractivity contribution in [3.63, 3.8) is 0 Å². The van der Waals surface area contributed by atoms with Crippen LogP contribution in [-0.2, 0) is 6.54 Å². The van der Waals surface area contributed by atoms with Crippen molar-refractivity contribution in [2.24, 2.45) is 0 Å². The summed E-state index contributed by atoms with van der Waals surface area (Å²) in [5.74, 6) is 0.590. The zero-order valence-electron chi connectivity index (χ0n) is 6.83. The normalized spacial score (nSPS) is 8.30. The molecule has 0 atom stereocenters. The lowest BCUT2D eigenvalue weighted by Gasteiger charge is -1.94. The maximum Gasteiger partial charge on any atom is 0.200 e. The third kappa shape index (κ3) is 2.09. The summed E-state index contributed by atoms with van der Waals surface area (Å²) in [7, 11) is 0. The molecule has 0 unspecified atom stereocenters. The first-order valence-electron chi connectivity index (χ1n) is 3.61. The molecule has 0 radical (unpaired) electrons. The average molecular weight is 141 g/mol. The van der Waals surface area contributed by atoms with Crippen LogP contribution in [0, 0.1) is 0 Å². The summed E-state index contributed by atoms with van der Waals surface area (Å²) >= 11 is 0. The van der Waals surface area contributed by atoms with E-state index < -0.39 is 0 Å². The van der Waals surface area contributed by atoms with E-state index in [4.69, 9.17) is 5.73 Å². The van der Waals surface area contributed by atoms with Gasteiger partial charge in [0.05, 0.1) is 0 Å². The van der Waals surface area contributed by atoms with Crippen molar-refractivity contribution >= 4 is 5.95 Å². The fourth-order valence-corrected chi connectivity index (χ4v) is 0.608. The lowest BCUT2D eigenvalue weighted by molar-refractivity contribution is 0.774. The van der Waals surface area contributed by atoms with Crippen LogP contribution in [0.3, 0.4) is 0 Å². The van der Waals surface area contributed by atoms with Crippen molar-refractivity contribution in [1.82, 2.24) is 9.55 Å². The monoisotopic (exact) mass is 141 g/mol. The van der Waals surface area contributed by atoms with Crippen LogP contribution in [0.4, 0.5) is 5.95 Å². The number of anilines is 1. The summed E-state index contributed by atoms with van der Waals surface area (Å²) in [6.07, 6.45) is 3.55. The molecule has 58 valence electrons. The molecule has 0 saturated heterocycles. The molecule has 3 heteroatoms. The lowest BCUT2D eigenvalue weighted by atomic mass is 10.7. The number of nitrogen functional groups attached to an aromatic ring is 1. The maximum atomic E-state index is 5.40. The smallest absolute Gasteiger partial charge is 0.200 e. The Morgan fingerprint density at radius 2 is 2.20 bits per heavy atom. The van der Waals surface area contributed by atoms with Crippen LogP contribution in [0.5, 0.6) is 0 Å². The van der Waals surface area contributed by atoms with Gasteiger partial charge >= 0.3 is 0 Å². The Kier molecular flexibility index (Phi) is 4.37. The molecule has 0 spiro atoms. The first-order chi connectivity index (χ1) is 4.84.